The van der Waals surface area contributed by atoms with Crippen LogP contribution in [0.3, 0.4) is 0 Å². The van der Waals surface area contributed by atoms with E-state index >= 15 is 0 Å². The number of hydrogen-bond acceptors (Lipinski definition) is 3. The van der Waals surface area contributed by atoms with Crippen molar-refractivity contribution in [2.75, 3.05) is 0 Å². The van der Waals surface area contributed by atoms with Crippen molar-refractivity contribution in [3.05, 3.63) is 64.7 Å². The smallest absolute Gasteiger partial charge is 0.191 e. The van der Waals surface area contributed by atoms with Gasteiger partial charge in [0, 0.05) is 18.4 Å². The first kappa shape index (κ1) is 15.8. The lowest BCUT2D eigenvalue weighted by atomic mass is 10.1. The molecule has 0 N–H and O–H groups in total. The highest BCUT2D eigenvalue weighted by Crippen LogP contribution is 2.27. The molecule has 0 saturated heterocycles. The van der Waals surface area contributed by atoms with Gasteiger partial charge in [-0.05, 0) is 37.5 Å². The Kier molecular flexibility index (Phi) is 4.53. The molecule has 2 aromatic carbocycles. The van der Waals surface area contributed by atoms with Crippen LogP contribution in [0.2, 0.25) is 0 Å². The van der Waals surface area contributed by atoms with E-state index in [-0.39, 0.29) is 0 Å². The zero-order valence-electron chi connectivity index (χ0n) is 14.0. The third-order valence-electron chi connectivity index (χ3n) is 4.08. The average Bonchev–Trinajstić information content (AvgIpc) is 2.90. The number of thioether (sulfide) groups is 1. The minimum absolute atomic E-state index is 0.910. The van der Waals surface area contributed by atoms with E-state index in [9.17, 15) is 0 Å². The Bertz CT molecular complexity index is 836. The number of rotatable bonds is 4. The van der Waals surface area contributed by atoms with E-state index in [0.29, 0.717) is 0 Å². The van der Waals surface area contributed by atoms with E-state index < -0.39 is 0 Å². The van der Waals surface area contributed by atoms with Gasteiger partial charge in [-0.25, -0.2) is 0 Å². The first-order valence-corrected chi connectivity index (χ1v) is 8.69. The van der Waals surface area contributed by atoms with Crippen LogP contribution in [-0.4, -0.2) is 14.8 Å². The highest BCUT2D eigenvalue weighted by atomic mass is 32.2. The lowest BCUT2D eigenvalue weighted by Gasteiger charge is -2.08. The molecule has 1 heterocycles. The third kappa shape index (κ3) is 3.32. The molecule has 0 aliphatic carbocycles. The second-order valence-corrected chi connectivity index (χ2v) is 6.84. The summed E-state index contributed by atoms with van der Waals surface area (Å²) in [6, 6.07) is 14.9. The Morgan fingerprint density at radius 3 is 2.52 bits per heavy atom. The summed E-state index contributed by atoms with van der Waals surface area (Å²) in [5.41, 5.74) is 6.33. The van der Waals surface area contributed by atoms with Crippen molar-refractivity contribution in [1.82, 2.24) is 14.8 Å². The van der Waals surface area contributed by atoms with Crippen LogP contribution in [0.25, 0.3) is 11.4 Å². The van der Waals surface area contributed by atoms with Crippen LogP contribution in [0.4, 0.5) is 0 Å². The number of aryl methyl sites for hydroxylation is 3. The van der Waals surface area contributed by atoms with Crippen LogP contribution in [0.1, 0.15) is 22.3 Å². The predicted molar refractivity (Wildman–Crippen MR) is 96.7 cm³/mol. The van der Waals surface area contributed by atoms with Crippen molar-refractivity contribution in [2.45, 2.75) is 31.7 Å². The molecule has 0 fully saturated rings. The Morgan fingerprint density at radius 2 is 1.74 bits per heavy atom. The summed E-state index contributed by atoms with van der Waals surface area (Å²) < 4.78 is 2.08. The van der Waals surface area contributed by atoms with E-state index in [4.69, 9.17) is 0 Å². The molecule has 0 unspecified atom stereocenters. The van der Waals surface area contributed by atoms with Crippen LogP contribution >= 0.6 is 11.8 Å². The molecule has 0 atom stereocenters. The molecule has 3 aromatic rings. The maximum absolute atomic E-state index is 4.39. The predicted octanol–water partition coefficient (Wildman–Crippen LogP) is 4.70. The van der Waals surface area contributed by atoms with Crippen LogP contribution < -0.4 is 0 Å². The SMILES string of the molecule is Cc1ccc(C)c(CSc2nnc(-c3ccccc3C)n2C)c1. The van der Waals surface area contributed by atoms with E-state index in [1.165, 1.54) is 22.3 Å². The van der Waals surface area contributed by atoms with Gasteiger partial charge in [0.05, 0.1) is 0 Å². The minimum atomic E-state index is 0.910. The molecule has 3 rings (SSSR count). The van der Waals surface area contributed by atoms with Gasteiger partial charge < -0.3 is 4.57 Å². The Hall–Kier alpha value is -2.07. The summed E-state index contributed by atoms with van der Waals surface area (Å²) in [5.74, 6) is 1.83. The molecule has 0 saturated carbocycles. The topological polar surface area (TPSA) is 30.7 Å². The van der Waals surface area contributed by atoms with E-state index in [1.807, 2.05) is 19.2 Å². The molecule has 3 nitrogen and oxygen atoms in total. The molecule has 0 amide bonds. The fourth-order valence-electron chi connectivity index (χ4n) is 2.60. The highest BCUT2D eigenvalue weighted by molar-refractivity contribution is 7.98. The zero-order valence-corrected chi connectivity index (χ0v) is 14.8. The molecule has 0 aliphatic heterocycles. The van der Waals surface area contributed by atoms with Crippen molar-refractivity contribution in [3.8, 4) is 11.4 Å². The van der Waals surface area contributed by atoms with Gasteiger partial charge in [0.15, 0.2) is 11.0 Å². The largest absolute Gasteiger partial charge is 0.305 e. The van der Waals surface area contributed by atoms with Crippen molar-refractivity contribution in [2.24, 2.45) is 7.05 Å². The fourth-order valence-corrected chi connectivity index (χ4v) is 3.57. The summed E-state index contributed by atoms with van der Waals surface area (Å²) in [6.45, 7) is 6.39. The average molecular weight is 323 g/mol. The van der Waals surface area contributed by atoms with Crippen molar-refractivity contribution < 1.29 is 0 Å². The molecular formula is C19H21N3S. The summed E-state index contributed by atoms with van der Waals surface area (Å²) in [7, 11) is 2.03. The van der Waals surface area contributed by atoms with Gasteiger partial charge in [0.1, 0.15) is 0 Å². The van der Waals surface area contributed by atoms with Crippen molar-refractivity contribution in [1.29, 1.82) is 0 Å². The summed E-state index contributed by atoms with van der Waals surface area (Å²) in [6.07, 6.45) is 0. The second kappa shape index (κ2) is 6.59. The Morgan fingerprint density at radius 1 is 0.957 bits per heavy atom. The fraction of sp³-hybridized carbons (Fsp3) is 0.263. The molecule has 0 radical (unpaired) electrons. The highest BCUT2D eigenvalue weighted by Gasteiger charge is 2.13. The normalized spacial score (nSPS) is 11.0. The van der Waals surface area contributed by atoms with Crippen molar-refractivity contribution >= 4 is 11.8 Å². The van der Waals surface area contributed by atoms with Crippen LogP contribution in [0.15, 0.2) is 47.6 Å². The molecule has 0 spiro atoms. The van der Waals surface area contributed by atoms with E-state index in [2.05, 4.69) is 65.9 Å². The van der Waals surface area contributed by atoms with E-state index in [1.54, 1.807) is 11.8 Å². The quantitative estimate of drug-likeness (QED) is 0.652. The van der Waals surface area contributed by atoms with Gasteiger partial charge in [-0.3, -0.25) is 0 Å². The number of nitrogens with zero attached hydrogens (tertiary/aromatic N) is 3. The summed E-state index contributed by atoms with van der Waals surface area (Å²) >= 11 is 1.73. The summed E-state index contributed by atoms with van der Waals surface area (Å²) in [5, 5.41) is 9.72. The second-order valence-electron chi connectivity index (χ2n) is 5.90. The molecule has 23 heavy (non-hydrogen) atoms. The Balaban J connectivity index is 1.83. The first-order chi connectivity index (χ1) is 11.1. The monoisotopic (exact) mass is 323 g/mol. The lowest BCUT2D eigenvalue weighted by Crippen LogP contribution is -1.97. The summed E-state index contributed by atoms with van der Waals surface area (Å²) in [4.78, 5) is 0. The van der Waals surface area contributed by atoms with Crippen LogP contribution in [0.5, 0.6) is 0 Å². The molecule has 0 bridgehead atoms. The van der Waals surface area contributed by atoms with Gasteiger partial charge >= 0.3 is 0 Å². The minimum Gasteiger partial charge on any atom is -0.305 e. The Labute approximate surface area is 141 Å². The van der Waals surface area contributed by atoms with Gasteiger partial charge in [-0.2, -0.15) is 0 Å². The van der Waals surface area contributed by atoms with Gasteiger partial charge in [0.25, 0.3) is 0 Å². The maximum Gasteiger partial charge on any atom is 0.191 e. The van der Waals surface area contributed by atoms with Crippen LogP contribution in [-0.2, 0) is 12.8 Å². The molecule has 0 aliphatic rings. The molecular weight excluding hydrogens is 302 g/mol. The van der Waals surface area contributed by atoms with Gasteiger partial charge in [-0.15, -0.1) is 10.2 Å². The van der Waals surface area contributed by atoms with Crippen LogP contribution in [0, 0.1) is 20.8 Å². The van der Waals surface area contributed by atoms with Gasteiger partial charge in [-0.1, -0.05) is 59.8 Å². The number of aromatic nitrogens is 3. The first-order valence-electron chi connectivity index (χ1n) is 7.70. The molecule has 1 aromatic heterocycles. The van der Waals surface area contributed by atoms with Gasteiger partial charge in [0.2, 0.25) is 0 Å². The molecule has 4 heteroatoms. The van der Waals surface area contributed by atoms with Crippen molar-refractivity contribution in [3.63, 3.8) is 0 Å². The zero-order chi connectivity index (χ0) is 16.4. The van der Waals surface area contributed by atoms with E-state index in [0.717, 1.165) is 22.3 Å². The molecule has 118 valence electrons. The number of hydrogen-bond donors (Lipinski definition) is 0. The maximum atomic E-state index is 4.39. The number of benzene rings is 2. The third-order valence-corrected chi connectivity index (χ3v) is 5.15. The standard InChI is InChI=1S/C19H21N3S/c1-13-9-10-14(2)16(11-13)12-23-19-21-20-18(22(19)4)17-8-6-5-7-15(17)3/h5-11H,12H2,1-4H3. The lowest BCUT2D eigenvalue weighted by molar-refractivity contribution is 0.793.